The molecule has 1 nitrogen and oxygen atoms in total. The molecule has 0 saturated heterocycles. The Balaban J connectivity index is 1.48. The van der Waals surface area contributed by atoms with Crippen LogP contribution in [-0.2, 0) is 6.54 Å². The van der Waals surface area contributed by atoms with Gasteiger partial charge in [0.15, 0.2) is 0 Å². The summed E-state index contributed by atoms with van der Waals surface area (Å²) >= 11 is 8.92. The minimum Gasteiger partial charge on any atom is -0.309 e. The van der Waals surface area contributed by atoms with Crippen molar-refractivity contribution in [1.29, 1.82) is 0 Å². The molecule has 0 bridgehead atoms. The van der Waals surface area contributed by atoms with Crippen LogP contribution in [0.1, 0.15) is 42.0 Å². The number of halogens is 2. The first kappa shape index (κ1) is 15.7. The maximum Gasteiger partial charge on any atom is 0.0843 e. The van der Waals surface area contributed by atoms with E-state index in [9.17, 15) is 0 Å². The van der Waals surface area contributed by atoms with Crippen molar-refractivity contribution in [2.24, 2.45) is 0 Å². The maximum absolute atomic E-state index is 3.72. The Morgan fingerprint density at radius 2 is 1.76 bits per heavy atom. The van der Waals surface area contributed by atoms with E-state index in [-0.39, 0.29) is 0 Å². The minimum absolute atomic E-state index is 0.671. The van der Waals surface area contributed by atoms with Gasteiger partial charge < -0.3 is 5.32 Å². The lowest BCUT2D eigenvalue weighted by Gasteiger charge is -2.29. The van der Waals surface area contributed by atoms with E-state index in [0.717, 1.165) is 16.9 Å². The quantitative estimate of drug-likeness (QED) is 0.621. The van der Waals surface area contributed by atoms with Crippen LogP contribution in [0.3, 0.4) is 0 Å². The number of rotatable bonds is 4. The van der Waals surface area contributed by atoms with Crippen molar-refractivity contribution in [3.63, 3.8) is 0 Å². The second-order valence-electron chi connectivity index (χ2n) is 5.67. The lowest BCUT2D eigenvalue weighted by Crippen LogP contribution is -2.32. The molecule has 1 heterocycles. The van der Waals surface area contributed by atoms with E-state index < -0.39 is 0 Å². The molecule has 0 radical (unpaired) electrons. The Bertz CT molecular complexity index is 554. The van der Waals surface area contributed by atoms with E-state index >= 15 is 0 Å². The van der Waals surface area contributed by atoms with Crippen LogP contribution in [0.15, 0.2) is 44.7 Å². The summed E-state index contributed by atoms with van der Waals surface area (Å²) in [6.07, 6.45) is 5.18. The number of benzene rings is 1. The van der Waals surface area contributed by atoms with Gasteiger partial charge in [-0.25, -0.2) is 0 Å². The lowest BCUT2D eigenvalue weighted by atomic mass is 9.82. The normalized spacial score (nSPS) is 22.4. The molecular formula is C17H19Br2NS. The molecule has 4 heteroatoms. The zero-order valence-corrected chi connectivity index (χ0v) is 15.8. The molecule has 1 aliphatic rings. The SMILES string of the molecule is Brc1cc(CNC2CCC(c3ccccc3)CC2)sc1Br. The van der Waals surface area contributed by atoms with Crippen LogP contribution in [-0.4, -0.2) is 6.04 Å². The first-order chi connectivity index (χ1) is 10.2. The average molecular weight is 429 g/mol. The molecule has 0 atom stereocenters. The standard InChI is InChI=1S/C17H19Br2NS/c18-16-10-15(21-17(16)19)11-20-14-8-6-13(7-9-14)12-4-2-1-3-5-12/h1-5,10,13-14,20H,6-9,11H2. The fourth-order valence-electron chi connectivity index (χ4n) is 3.08. The van der Waals surface area contributed by atoms with Crippen molar-refractivity contribution in [3.8, 4) is 0 Å². The van der Waals surface area contributed by atoms with E-state index in [1.54, 1.807) is 0 Å². The van der Waals surface area contributed by atoms with Gasteiger partial charge in [-0.2, -0.15) is 0 Å². The summed E-state index contributed by atoms with van der Waals surface area (Å²) in [6.45, 7) is 0.982. The van der Waals surface area contributed by atoms with E-state index in [4.69, 9.17) is 0 Å². The zero-order chi connectivity index (χ0) is 14.7. The second-order valence-corrected chi connectivity index (χ2v) is 8.98. The van der Waals surface area contributed by atoms with Crippen LogP contribution in [0.5, 0.6) is 0 Å². The fraction of sp³-hybridized carbons (Fsp3) is 0.412. The summed E-state index contributed by atoms with van der Waals surface area (Å²) in [5.41, 5.74) is 1.52. The lowest BCUT2D eigenvalue weighted by molar-refractivity contribution is 0.342. The highest BCUT2D eigenvalue weighted by Gasteiger charge is 2.21. The molecule has 112 valence electrons. The van der Waals surface area contributed by atoms with Gasteiger partial charge in [0, 0.05) is 21.9 Å². The number of hydrogen-bond acceptors (Lipinski definition) is 2. The van der Waals surface area contributed by atoms with E-state index in [2.05, 4.69) is 73.6 Å². The van der Waals surface area contributed by atoms with Gasteiger partial charge in [-0.15, -0.1) is 11.3 Å². The molecule has 1 aromatic carbocycles. The molecule has 0 spiro atoms. The van der Waals surface area contributed by atoms with Crippen LogP contribution in [0.2, 0.25) is 0 Å². The fourth-order valence-corrected chi connectivity index (χ4v) is 5.21. The predicted molar refractivity (Wildman–Crippen MR) is 98.0 cm³/mol. The first-order valence-corrected chi connectivity index (χ1v) is 9.84. The van der Waals surface area contributed by atoms with Crippen molar-refractivity contribution in [2.75, 3.05) is 0 Å². The monoisotopic (exact) mass is 427 g/mol. The van der Waals surface area contributed by atoms with Gasteiger partial charge in [0.2, 0.25) is 0 Å². The van der Waals surface area contributed by atoms with Crippen molar-refractivity contribution in [2.45, 2.75) is 44.2 Å². The zero-order valence-electron chi connectivity index (χ0n) is 11.8. The summed E-state index contributed by atoms with van der Waals surface area (Å²) < 4.78 is 2.35. The van der Waals surface area contributed by atoms with Gasteiger partial charge in [-0.3, -0.25) is 0 Å². The van der Waals surface area contributed by atoms with E-state index in [1.165, 1.54) is 39.9 Å². The van der Waals surface area contributed by atoms with Crippen LogP contribution in [0.4, 0.5) is 0 Å². The smallest absolute Gasteiger partial charge is 0.0843 e. The average Bonchev–Trinajstić information content (AvgIpc) is 2.85. The first-order valence-electron chi connectivity index (χ1n) is 7.44. The summed E-state index contributed by atoms with van der Waals surface area (Å²) in [7, 11) is 0. The van der Waals surface area contributed by atoms with Crippen LogP contribution in [0, 0.1) is 0 Å². The van der Waals surface area contributed by atoms with E-state index in [1.807, 2.05) is 11.3 Å². The van der Waals surface area contributed by atoms with Crippen molar-refractivity contribution in [1.82, 2.24) is 5.32 Å². The molecule has 21 heavy (non-hydrogen) atoms. The van der Waals surface area contributed by atoms with Crippen LogP contribution >= 0.6 is 43.2 Å². The minimum atomic E-state index is 0.671. The number of hydrogen-bond donors (Lipinski definition) is 1. The van der Waals surface area contributed by atoms with Crippen LogP contribution in [0.25, 0.3) is 0 Å². The van der Waals surface area contributed by atoms with Crippen molar-refractivity contribution >= 4 is 43.2 Å². The summed E-state index contributed by atoms with van der Waals surface area (Å²) in [5, 5.41) is 3.72. The van der Waals surface area contributed by atoms with Crippen LogP contribution < -0.4 is 5.32 Å². The Hall–Kier alpha value is -0.160. The summed E-state index contributed by atoms with van der Waals surface area (Å²) in [4.78, 5) is 1.39. The summed E-state index contributed by atoms with van der Waals surface area (Å²) in [6, 6.07) is 13.9. The molecule has 1 N–H and O–H groups in total. The third-order valence-corrected chi connectivity index (χ3v) is 7.52. The molecule has 2 aromatic rings. The Labute approximate surface area is 147 Å². The predicted octanol–water partition coefficient (Wildman–Crippen LogP) is 6.09. The topological polar surface area (TPSA) is 12.0 Å². The molecule has 0 amide bonds. The number of nitrogens with one attached hydrogen (secondary N) is 1. The van der Waals surface area contributed by atoms with Gasteiger partial charge in [0.25, 0.3) is 0 Å². The third-order valence-electron chi connectivity index (χ3n) is 4.26. The maximum atomic E-state index is 3.72. The molecular weight excluding hydrogens is 410 g/mol. The highest BCUT2D eigenvalue weighted by atomic mass is 79.9. The second kappa shape index (κ2) is 7.40. The van der Waals surface area contributed by atoms with Gasteiger partial charge in [0.05, 0.1) is 3.79 Å². The molecule has 0 unspecified atom stereocenters. The Kier molecular flexibility index (Phi) is 5.54. The molecule has 1 aliphatic carbocycles. The van der Waals surface area contributed by atoms with Gasteiger partial charge in [-0.05, 0) is 75.1 Å². The molecule has 0 aliphatic heterocycles. The van der Waals surface area contributed by atoms with Gasteiger partial charge >= 0.3 is 0 Å². The van der Waals surface area contributed by atoms with Crippen molar-refractivity contribution < 1.29 is 0 Å². The Morgan fingerprint density at radius 3 is 2.38 bits per heavy atom. The van der Waals surface area contributed by atoms with Crippen molar-refractivity contribution in [3.05, 3.63) is 55.1 Å². The summed E-state index contributed by atoms with van der Waals surface area (Å²) in [5.74, 6) is 0.759. The molecule has 3 rings (SSSR count). The van der Waals surface area contributed by atoms with Gasteiger partial charge in [0.1, 0.15) is 0 Å². The Morgan fingerprint density at radius 1 is 1.05 bits per heavy atom. The third kappa shape index (κ3) is 4.19. The number of thiophene rings is 1. The van der Waals surface area contributed by atoms with E-state index in [0.29, 0.717) is 6.04 Å². The molecule has 1 aromatic heterocycles. The van der Waals surface area contributed by atoms with Gasteiger partial charge in [-0.1, -0.05) is 30.3 Å². The largest absolute Gasteiger partial charge is 0.309 e. The highest BCUT2D eigenvalue weighted by molar-refractivity contribution is 9.13. The molecule has 1 fully saturated rings. The highest BCUT2D eigenvalue weighted by Crippen LogP contribution is 2.34. The molecule has 1 saturated carbocycles.